The Bertz CT molecular complexity index is 1300. The number of rotatable bonds is 6. The molecule has 1 aliphatic heterocycles. The largest absolute Gasteiger partial charge is 0.493 e. The van der Waals surface area contributed by atoms with E-state index in [4.69, 9.17) is 24.7 Å². The summed E-state index contributed by atoms with van der Waals surface area (Å²) in [7, 11) is 4.46. The van der Waals surface area contributed by atoms with E-state index in [-0.39, 0.29) is 23.0 Å². The second-order valence-corrected chi connectivity index (χ2v) is 7.01. The Labute approximate surface area is 188 Å². The van der Waals surface area contributed by atoms with Gasteiger partial charge in [0.05, 0.1) is 43.4 Å². The number of nitrogens with zero attached hydrogens (tertiary/aromatic N) is 3. The third-order valence-electron chi connectivity index (χ3n) is 5.30. The fourth-order valence-corrected chi connectivity index (χ4v) is 3.84. The first kappa shape index (κ1) is 21.5. The lowest BCUT2D eigenvalue weighted by Crippen LogP contribution is -2.21. The summed E-state index contributed by atoms with van der Waals surface area (Å²) >= 11 is 0. The second-order valence-electron chi connectivity index (χ2n) is 7.01. The van der Waals surface area contributed by atoms with Crippen molar-refractivity contribution in [3.05, 3.63) is 69.1 Å². The number of nitriles is 1. The fourth-order valence-electron chi connectivity index (χ4n) is 3.84. The zero-order valence-electron chi connectivity index (χ0n) is 17.9. The van der Waals surface area contributed by atoms with E-state index in [2.05, 4.69) is 16.3 Å². The molecule has 0 aliphatic carbocycles. The van der Waals surface area contributed by atoms with E-state index in [1.807, 2.05) is 0 Å². The number of fused-ring (bicyclic) bond motifs is 1. The number of hydrogen-bond acceptors (Lipinski definition) is 9. The Morgan fingerprint density at radius 3 is 2.45 bits per heavy atom. The number of aromatic amines is 1. The van der Waals surface area contributed by atoms with Crippen LogP contribution in [-0.2, 0) is 0 Å². The van der Waals surface area contributed by atoms with E-state index < -0.39 is 10.8 Å². The number of nitrogens with one attached hydrogen (secondary N) is 1. The van der Waals surface area contributed by atoms with Gasteiger partial charge in [-0.25, -0.2) is 0 Å². The van der Waals surface area contributed by atoms with Crippen molar-refractivity contribution in [2.45, 2.75) is 5.92 Å². The molecule has 0 saturated heterocycles. The van der Waals surface area contributed by atoms with Crippen LogP contribution in [0.25, 0.3) is 11.3 Å². The van der Waals surface area contributed by atoms with E-state index in [9.17, 15) is 15.4 Å². The van der Waals surface area contributed by atoms with Gasteiger partial charge >= 0.3 is 0 Å². The van der Waals surface area contributed by atoms with Crippen molar-refractivity contribution in [3.63, 3.8) is 0 Å². The number of hydrogen-bond donors (Lipinski definition) is 2. The quantitative estimate of drug-likeness (QED) is 0.425. The van der Waals surface area contributed by atoms with E-state index in [1.54, 1.807) is 24.3 Å². The maximum atomic E-state index is 11.3. The zero-order chi connectivity index (χ0) is 23.7. The van der Waals surface area contributed by atoms with Gasteiger partial charge in [0.25, 0.3) is 5.69 Å². The van der Waals surface area contributed by atoms with Crippen molar-refractivity contribution in [2.75, 3.05) is 21.3 Å². The summed E-state index contributed by atoms with van der Waals surface area (Å²) < 4.78 is 21.9. The summed E-state index contributed by atoms with van der Waals surface area (Å²) in [4.78, 5) is 10.8. The molecule has 4 rings (SSSR count). The van der Waals surface area contributed by atoms with Crippen LogP contribution in [0.1, 0.15) is 17.0 Å². The molecule has 0 radical (unpaired) electrons. The highest BCUT2D eigenvalue weighted by Gasteiger charge is 2.37. The van der Waals surface area contributed by atoms with Crippen LogP contribution in [0.3, 0.4) is 0 Å². The Morgan fingerprint density at radius 1 is 1.18 bits per heavy atom. The lowest BCUT2D eigenvalue weighted by atomic mass is 9.82. The van der Waals surface area contributed by atoms with Crippen LogP contribution < -0.4 is 24.7 Å². The number of allylic oxidation sites excluding steroid dienone is 1. The van der Waals surface area contributed by atoms with E-state index >= 15 is 0 Å². The maximum absolute atomic E-state index is 11.3. The minimum atomic E-state index is -0.722. The van der Waals surface area contributed by atoms with Gasteiger partial charge in [-0.1, -0.05) is 12.1 Å². The molecule has 3 aromatic rings. The molecule has 11 nitrogen and oxygen atoms in total. The first-order valence-corrected chi connectivity index (χ1v) is 9.64. The first-order chi connectivity index (χ1) is 15.9. The number of non-ortho nitro benzene ring substituents is 1. The van der Waals surface area contributed by atoms with Crippen LogP contribution >= 0.6 is 0 Å². The summed E-state index contributed by atoms with van der Waals surface area (Å²) in [5.74, 6) is 0.498. The minimum Gasteiger partial charge on any atom is -0.493 e. The SMILES string of the molecule is COc1cc(C2C(C#N)=C(N)Oc3n[nH]c(-c4cccc([N+](=O)[O-])c4)c32)cc(OC)c1OC. The van der Waals surface area contributed by atoms with Crippen LogP contribution in [-0.4, -0.2) is 36.5 Å². The predicted octanol–water partition coefficient (Wildman–Crippen LogP) is 3.23. The van der Waals surface area contributed by atoms with Gasteiger partial charge in [0.2, 0.25) is 17.5 Å². The minimum absolute atomic E-state index is 0.0903. The van der Waals surface area contributed by atoms with Gasteiger partial charge in [0.1, 0.15) is 11.6 Å². The van der Waals surface area contributed by atoms with Crippen LogP contribution in [0.2, 0.25) is 0 Å². The molecular weight excluding hydrogens is 430 g/mol. The number of nitrogens with two attached hydrogens (primary N) is 1. The molecule has 2 aromatic carbocycles. The number of ether oxygens (including phenoxy) is 4. The molecule has 0 bridgehead atoms. The number of nitro groups is 1. The average Bonchev–Trinajstić information content (AvgIpc) is 3.25. The van der Waals surface area contributed by atoms with E-state index in [0.717, 1.165) is 0 Å². The van der Waals surface area contributed by atoms with Gasteiger partial charge in [0, 0.05) is 17.7 Å². The number of H-pyrrole nitrogens is 1. The molecular formula is C22H19N5O6. The molecule has 1 aromatic heterocycles. The summed E-state index contributed by atoms with van der Waals surface area (Å²) in [6, 6.07) is 11.6. The molecule has 2 heterocycles. The van der Waals surface area contributed by atoms with Crippen molar-refractivity contribution in [3.8, 4) is 40.5 Å². The van der Waals surface area contributed by atoms with Crippen molar-refractivity contribution < 1.29 is 23.9 Å². The molecule has 1 atom stereocenters. The van der Waals surface area contributed by atoms with Gasteiger partial charge in [-0.15, -0.1) is 5.10 Å². The van der Waals surface area contributed by atoms with Crippen LogP contribution in [0.4, 0.5) is 5.69 Å². The summed E-state index contributed by atoms with van der Waals surface area (Å²) in [5.41, 5.74) is 8.14. The number of benzene rings is 2. The summed E-state index contributed by atoms with van der Waals surface area (Å²) in [6.45, 7) is 0. The smallest absolute Gasteiger partial charge is 0.270 e. The molecule has 33 heavy (non-hydrogen) atoms. The highest BCUT2D eigenvalue weighted by molar-refractivity contribution is 5.73. The molecule has 168 valence electrons. The molecule has 0 spiro atoms. The molecule has 1 aliphatic rings. The van der Waals surface area contributed by atoms with Gasteiger partial charge in [-0.05, 0) is 17.7 Å². The van der Waals surface area contributed by atoms with Crippen LogP contribution in [0.15, 0.2) is 47.9 Å². The second kappa shape index (κ2) is 8.43. The van der Waals surface area contributed by atoms with Crippen molar-refractivity contribution in [1.82, 2.24) is 10.2 Å². The number of aromatic nitrogens is 2. The monoisotopic (exact) mass is 449 g/mol. The Kier molecular flexibility index (Phi) is 5.49. The summed E-state index contributed by atoms with van der Waals surface area (Å²) in [5, 5.41) is 28.3. The lowest BCUT2D eigenvalue weighted by molar-refractivity contribution is -0.384. The molecule has 3 N–H and O–H groups in total. The van der Waals surface area contributed by atoms with Gasteiger partial charge < -0.3 is 24.7 Å². The Morgan fingerprint density at radius 2 is 1.88 bits per heavy atom. The number of methoxy groups -OCH3 is 3. The fraction of sp³-hybridized carbons (Fsp3) is 0.182. The van der Waals surface area contributed by atoms with Gasteiger partial charge in [-0.2, -0.15) is 5.26 Å². The third kappa shape index (κ3) is 3.53. The Balaban J connectivity index is 1.98. The third-order valence-corrected chi connectivity index (χ3v) is 5.30. The highest BCUT2D eigenvalue weighted by atomic mass is 16.6. The lowest BCUT2D eigenvalue weighted by Gasteiger charge is -2.25. The van der Waals surface area contributed by atoms with Crippen LogP contribution in [0.5, 0.6) is 23.1 Å². The van der Waals surface area contributed by atoms with E-state index in [1.165, 1.54) is 33.5 Å². The topological polar surface area (TPSA) is 159 Å². The van der Waals surface area contributed by atoms with E-state index in [0.29, 0.717) is 39.6 Å². The zero-order valence-corrected chi connectivity index (χ0v) is 17.9. The molecule has 0 amide bonds. The first-order valence-electron chi connectivity index (χ1n) is 9.64. The molecule has 0 saturated carbocycles. The van der Waals surface area contributed by atoms with Gasteiger partial charge in [-0.3, -0.25) is 15.2 Å². The average molecular weight is 449 g/mol. The standard InChI is InChI=1S/C22H19N5O6/c1-30-15-8-12(9-16(31-2)20(15)32-3)17-14(10-23)21(24)33-22-18(17)19(25-26-22)11-5-4-6-13(7-11)27(28)29/h4-9,17H,24H2,1-3H3,(H,25,26). The maximum Gasteiger partial charge on any atom is 0.270 e. The predicted molar refractivity (Wildman–Crippen MR) is 116 cm³/mol. The molecule has 0 fully saturated rings. The van der Waals surface area contributed by atoms with Crippen molar-refractivity contribution >= 4 is 5.69 Å². The molecule has 11 heteroatoms. The molecule has 1 unspecified atom stereocenters. The van der Waals surface area contributed by atoms with Gasteiger partial charge in [0.15, 0.2) is 11.5 Å². The van der Waals surface area contributed by atoms with Crippen molar-refractivity contribution in [2.24, 2.45) is 5.73 Å². The normalized spacial score (nSPS) is 14.7. The number of nitro benzene ring substituents is 1. The van der Waals surface area contributed by atoms with Crippen molar-refractivity contribution in [1.29, 1.82) is 5.26 Å². The highest BCUT2D eigenvalue weighted by Crippen LogP contribution is 2.49. The van der Waals surface area contributed by atoms with Crippen LogP contribution in [0, 0.1) is 21.4 Å². The Hall–Kier alpha value is -4.72. The summed E-state index contributed by atoms with van der Waals surface area (Å²) in [6.07, 6.45) is 0.